The van der Waals surface area contributed by atoms with Gasteiger partial charge in [-0.2, -0.15) is 4.73 Å². The second kappa shape index (κ2) is 9.12. The molecule has 0 fully saturated rings. The smallest absolute Gasteiger partial charge is 0.331 e. The second-order valence-electron chi connectivity index (χ2n) is 5.48. The number of pyridine rings is 1. The predicted molar refractivity (Wildman–Crippen MR) is 96.2 cm³/mol. The van der Waals surface area contributed by atoms with E-state index < -0.39 is 16.0 Å². The monoisotopic (exact) mass is 376 g/mol. The summed E-state index contributed by atoms with van der Waals surface area (Å²) in [6, 6.07) is 9.39. The van der Waals surface area contributed by atoms with Crippen molar-refractivity contribution in [2.75, 3.05) is 6.54 Å². The highest BCUT2D eigenvalue weighted by Gasteiger charge is 2.12. The van der Waals surface area contributed by atoms with Crippen molar-refractivity contribution in [1.29, 1.82) is 0 Å². The van der Waals surface area contributed by atoms with Crippen molar-refractivity contribution in [2.45, 2.75) is 24.8 Å². The summed E-state index contributed by atoms with van der Waals surface area (Å²) in [4.78, 5) is 11.9. The summed E-state index contributed by atoms with van der Waals surface area (Å²) in [5.74, 6) is -0.562. The van der Waals surface area contributed by atoms with Gasteiger partial charge in [-0.3, -0.25) is 0 Å². The van der Waals surface area contributed by atoms with Gasteiger partial charge in [-0.25, -0.2) is 17.9 Å². The lowest BCUT2D eigenvalue weighted by Crippen LogP contribution is -2.25. The molecule has 2 aromatic rings. The van der Waals surface area contributed by atoms with E-state index in [1.54, 1.807) is 24.3 Å². The number of sulfonamides is 1. The van der Waals surface area contributed by atoms with Crippen LogP contribution in [0.2, 0.25) is 0 Å². The Morgan fingerprint density at radius 3 is 2.65 bits per heavy atom. The lowest BCUT2D eigenvalue weighted by molar-refractivity contribution is -0.606. The Bertz CT molecular complexity index is 877. The first kappa shape index (κ1) is 19.6. The van der Waals surface area contributed by atoms with E-state index in [0.717, 1.165) is 0 Å². The number of hydrogen-bond donors (Lipinski definition) is 1. The van der Waals surface area contributed by atoms with E-state index in [0.29, 0.717) is 28.8 Å². The number of ether oxygens (including phenoxy) is 1. The summed E-state index contributed by atoms with van der Waals surface area (Å²) in [6.07, 6.45) is 6.14. The third-order valence-electron chi connectivity index (χ3n) is 3.36. The molecule has 0 aliphatic heterocycles. The third kappa shape index (κ3) is 5.98. The number of carbonyl (C=O) groups is 1. The van der Waals surface area contributed by atoms with E-state index >= 15 is 0 Å². The summed E-state index contributed by atoms with van der Waals surface area (Å²) in [7, 11) is -3.51. The molecule has 0 bridgehead atoms. The zero-order valence-corrected chi connectivity index (χ0v) is 15.1. The van der Waals surface area contributed by atoms with Gasteiger partial charge in [0.2, 0.25) is 10.0 Å². The SMILES string of the molecule is CCCNS(=O)(=O)c1ccc(/C=C/C(=O)OCc2ccc[n+]([O-])c2)cc1. The number of nitrogens with one attached hydrogen (secondary N) is 1. The predicted octanol–water partition coefficient (Wildman–Crippen LogP) is 1.76. The molecule has 0 atom stereocenters. The molecule has 0 radical (unpaired) electrons. The van der Waals surface area contributed by atoms with Gasteiger partial charge in [0.05, 0.1) is 10.5 Å². The molecule has 0 aliphatic rings. The van der Waals surface area contributed by atoms with Gasteiger partial charge in [-0.1, -0.05) is 19.1 Å². The van der Waals surface area contributed by atoms with Crippen LogP contribution in [0.4, 0.5) is 0 Å². The Hall–Kier alpha value is -2.71. The third-order valence-corrected chi connectivity index (χ3v) is 4.84. The van der Waals surface area contributed by atoms with Crippen molar-refractivity contribution in [3.8, 4) is 0 Å². The van der Waals surface area contributed by atoms with Crippen molar-refractivity contribution in [3.63, 3.8) is 0 Å². The molecule has 8 heteroatoms. The van der Waals surface area contributed by atoms with E-state index in [4.69, 9.17) is 4.74 Å². The zero-order valence-electron chi connectivity index (χ0n) is 14.3. The Labute approximate surface area is 152 Å². The van der Waals surface area contributed by atoms with Gasteiger partial charge in [0.25, 0.3) is 0 Å². The van der Waals surface area contributed by atoms with E-state index in [2.05, 4.69) is 4.72 Å². The molecule has 0 unspecified atom stereocenters. The summed E-state index contributed by atoms with van der Waals surface area (Å²) in [5.41, 5.74) is 1.24. The molecular weight excluding hydrogens is 356 g/mol. The molecule has 1 aromatic heterocycles. The Kier molecular flexibility index (Phi) is 6.88. The maximum Gasteiger partial charge on any atom is 0.331 e. The average molecular weight is 376 g/mol. The molecule has 1 aromatic carbocycles. The van der Waals surface area contributed by atoms with Gasteiger partial charge in [-0.15, -0.1) is 0 Å². The van der Waals surface area contributed by atoms with E-state index in [1.807, 2.05) is 6.92 Å². The summed E-state index contributed by atoms with van der Waals surface area (Å²) in [5, 5.41) is 11.1. The molecule has 138 valence electrons. The van der Waals surface area contributed by atoms with Crippen LogP contribution in [-0.2, 0) is 26.2 Å². The minimum atomic E-state index is -3.51. The highest BCUT2D eigenvalue weighted by Crippen LogP contribution is 2.12. The summed E-state index contributed by atoms with van der Waals surface area (Å²) < 4.78 is 32.1. The fourth-order valence-electron chi connectivity index (χ4n) is 2.03. The van der Waals surface area contributed by atoms with Crippen LogP contribution in [0.5, 0.6) is 0 Å². The van der Waals surface area contributed by atoms with Crippen LogP contribution in [0.25, 0.3) is 6.08 Å². The number of esters is 1. The minimum absolute atomic E-state index is 0.00741. The topological polar surface area (TPSA) is 99.4 Å². The molecule has 0 saturated heterocycles. The number of hydrogen-bond acceptors (Lipinski definition) is 5. The number of nitrogens with zero attached hydrogens (tertiary/aromatic N) is 1. The van der Waals surface area contributed by atoms with Gasteiger partial charge in [0.1, 0.15) is 6.61 Å². The number of rotatable bonds is 8. The van der Waals surface area contributed by atoms with Crippen LogP contribution < -0.4 is 9.45 Å². The molecular formula is C18H20N2O5S. The fourth-order valence-corrected chi connectivity index (χ4v) is 3.16. The largest absolute Gasteiger partial charge is 0.619 e. The first-order valence-electron chi connectivity index (χ1n) is 8.03. The van der Waals surface area contributed by atoms with Crippen LogP contribution in [0.15, 0.2) is 59.8 Å². The highest BCUT2D eigenvalue weighted by molar-refractivity contribution is 7.89. The molecule has 0 aliphatic carbocycles. The number of carbonyl (C=O) groups excluding carboxylic acids is 1. The fraction of sp³-hybridized carbons (Fsp3) is 0.222. The van der Waals surface area contributed by atoms with Crippen LogP contribution in [-0.4, -0.2) is 20.9 Å². The summed E-state index contributed by atoms with van der Waals surface area (Å²) >= 11 is 0. The van der Waals surface area contributed by atoms with Gasteiger partial charge in [0.15, 0.2) is 12.4 Å². The summed E-state index contributed by atoms with van der Waals surface area (Å²) in [6.45, 7) is 2.25. The van der Waals surface area contributed by atoms with Crippen LogP contribution in [0.1, 0.15) is 24.5 Å². The van der Waals surface area contributed by atoms with E-state index in [9.17, 15) is 18.4 Å². The molecule has 0 spiro atoms. The Morgan fingerprint density at radius 1 is 1.27 bits per heavy atom. The van der Waals surface area contributed by atoms with Crippen molar-refractivity contribution >= 4 is 22.1 Å². The van der Waals surface area contributed by atoms with Crippen molar-refractivity contribution in [1.82, 2.24) is 4.72 Å². The minimum Gasteiger partial charge on any atom is -0.619 e. The second-order valence-corrected chi connectivity index (χ2v) is 7.25. The van der Waals surface area contributed by atoms with Crippen molar-refractivity contribution in [2.24, 2.45) is 0 Å². The van der Waals surface area contributed by atoms with Crippen LogP contribution in [0.3, 0.4) is 0 Å². The van der Waals surface area contributed by atoms with Gasteiger partial charge in [0, 0.05) is 18.7 Å². The molecule has 1 heterocycles. The lowest BCUT2D eigenvalue weighted by Gasteiger charge is -2.05. The lowest BCUT2D eigenvalue weighted by atomic mass is 10.2. The van der Waals surface area contributed by atoms with E-state index in [1.165, 1.54) is 36.7 Å². The average Bonchev–Trinajstić information content (AvgIpc) is 2.63. The van der Waals surface area contributed by atoms with Crippen molar-refractivity contribution < 1.29 is 22.7 Å². The maximum atomic E-state index is 12.0. The molecule has 0 amide bonds. The molecule has 0 saturated carbocycles. The van der Waals surface area contributed by atoms with Gasteiger partial charge in [-0.05, 0) is 36.3 Å². The Morgan fingerprint density at radius 2 is 2.00 bits per heavy atom. The normalized spacial score (nSPS) is 11.6. The van der Waals surface area contributed by atoms with Crippen LogP contribution >= 0.6 is 0 Å². The zero-order chi connectivity index (χ0) is 19.0. The standard InChI is InChI=1S/C18H20N2O5S/c1-2-11-19-26(23,24)17-8-5-15(6-9-17)7-10-18(21)25-14-16-4-3-12-20(22)13-16/h3-10,12-13,19H,2,11,14H2,1H3/b10-7+. The van der Waals surface area contributed by atoms with Gasteiger partial charge < -0.3 is 9.94 Å². The molecule has 1 N–H and O–H groups in total. The molecule has 7 nitrogen and oxygen atoms in total. The molecule has 26 heavy (non-hydrogen) atoms. The maximum absolute atomic E-state index is 12.0. The number of aromatic nitrogens is 1. The first-order chi connectivity index (χ1) is 12.4. The highest BCUT2D eigenvalue weighted by atomic mass is 32.2. The van der Waals surface area contributed by atoms with Gasteiger partial charge >= 0.3 is 5.97 Å². The van der Waals surface area contributed by atoms with Crippen molar-refractivity contribution in [3.05, 3.63) is 71.2 Å². The van der Waals surface area contributed by atoms with E-state index in [-0.39, 0.29) is 11.5 Å². The molecule has 2 rings (SSSR count). The Balaban J connectivity index is 1.92. The van der Waals surface area contributed by atoms with Crippen LogP contribution in [0, 0.1) is 5.21 Å². The number of benzene rings is 1. The first-order valence-corrected chi connectivity index (χ1v) is 9.51. The quantitative estimate of drug-likeness (QED) is 0.328.